The van der Waals surface area contributed by atoms with Crippen molar-refractivity contribution in [2.24, 2.45) is 0 Å². The zero-order valence-electron chi connectivity index (χ0n) is 15.7. The van der Waals surface area contributed by atoms with E-state index in [4.69, 9.17) is 0 Å². The summed E-state index contributed by atoms with van der Waals surface area (Å²) in [7, 11) is 0. The lowest BCUT2D eigenvalue weighted by molar-refractivity contribution is -0.125. The third kappa shape index (κ3) is 5.04. The van der Waals surface area contributed by atoms with E-state index in [9.17, 15) is 9.59 Å². The Bertz CT molecular complexity index is 958. The number of hydrogen-bond donors (Lipinski definition) is 1. The van der Waals surface area contributed by atoms with Gasteiger partial charge in [0.15, 0.2) is 5.78 Å². The van der Waals surface area contributed by atoms with Crippen molar-refractivity contribution >= 4 is 23.5 Å². The van der Waals surface area contributed by atoms with Crippen LogP contribution in [0.3, 0.4) is 0 Å². The first-order valence-electron chi connectivity index (χ1n) is 8.85. The third-order valence-corrected chi connectivity index (χ3v) is 5.14. The minimum atomic E-state index is -0.553. The van der Waals surface area contributed by atoms with E-state index in [2.05, 4.69) is 20.8 Å². The maximum atomic E-state index is 12.4. The second kappa shape index (κ2) is 9.27. The Morgan fingerprint density at radius 2 is 1.82 bits per heavy atom. The number of hydrogen-bond acceptors (Lipinski definition) is 6. The van der Waals surface area contributed by atoms with Crippen LogP contribution in [0.25, 0.3) is 5.69 Å². The number of ketones is 1. The van der Waals surface area contributed by atoms with Crippen LogP contribution in [0.2, 0.25) is 0 Å². The van der Waals surface area contributed by atoms with Gasteiger partial charge in [0.2, 0.25) is 11.1 Å². The molecule has 1 aromatic heterocycles. The Kier molecular flexibility index (Phi) is 6.54. The first-order chi connectivity index (χ1) is 13.5. The largest absolute Gasteiger partial charge is 0.345 e. The molecule has 0 fully saturated rings. The number of rotatable bonds is 8. The summed E-state index contributed by atoms with van der Waals surface area (Å²) in [6.07, 6.45) is 0.466. The average Bonchev–Trinajstić information content (AvgIpc) is 3.15. The number of aromatic nitrogens is 4. The predicted octanol–water partition coefficient (Wildman–Crippen LogP) is 2.38. The average molecular weight is 395 g/mol. The van der Waals surface area contributed by atoms with Crippen molar-refractivity contribution in [3.63, 3.8) is 0 Å². The fourth-order valence-electron chi connectivity index (χ4n) is 2.73. The highest BCUT2D eigenvalue weighted by atomic mass is 32.2. The van der Waals surface area contributed by atoms with Crippen LogP contribution in [0.4, 0.5) is 0 Å². The number of benzene rings is 2. The van der Waals surface area contributed by atoms with Gasteiger partial charge in [-0.1, -0.05) is 60.3 Å². The minimum Gasteiger partial charge on any atom is -0.345 e. The van der Waals surface area contributed by atoms with E-state index in [1.165, 1.54) is 18.7 Å². The molecule has 0 aliphatic heterocycles. The molecule has 0 aliphatic rings. The first kappa shape index (κ1) is 19.8. The summed E-state index contributed by atoms with van der Waals surface area (Å²) >= 11 is 1.23. The van der Waals surface area contributed by atoms with Crippen LogP contribution in [-0.2, 0) is 16.0 Å². The van der Waals surface area contributed by atoms with E-state index in [0.717, 1.165) is 16.8 Å². The maximum absolute atomic E-state index is 12.4. The first-order valence-corrected chi connectivity index (χ1v) is 9.84. The van der Waals surface area contributed by atoms with Gasteiger partial charge in [0.1, 0.15) is 0 Å². The lowest BCUT2D eigenvalue weighted by Crippen LogP contribution is -2.42. The molecule has 0 bridgehead atoms. The Hall–Kier alpha value is -3.00. The van der Waals surface area contributed by atoms with Gasteiger partial charge >= 0.3 is 0 Å². The van der Waals surface area contributed by atoms with Crippen LogP contribution in [0.15, 0.2) is 59.8 Å². The molecule has 3 rings (SSSR count). The number of nitrogens with zero attached hydrogens (tertiary/aromatic N) is 4. The number of amides is 1. The fraction of sp³-hybridized carbons (Fsp3) is 0.250. The van der Waals surface area contributed by atoms with Crippen molar-refractivity contribution in [2.45, 2.75) is 31.5 Å². The van der Waals surface area contributed by atoms with Crippen LogP contribution < -0.4 is 5.32 Å². The molecule has 1 atom stereocenters. The fourth-order valence-corrected chi connectivity index (χ4v) is 3.43. The van der Waals surface area contributed by atoms with Gasteiger partial charge in [0, 0.05) is 0 Å². The van der Waals surface area contributed by atoms with Gasteiger partial charge in [-0.05, 0) is 47.9 Å². The topological polar surface area (TPSA) is 89.8 Å². The van der Waals surface area contributed by atoms with Crippen LogP contribution >= 0.6 is 11.8 Å². The summed E-state index contributed by atoms with van der Waals surface area (Å²) in [4.78, 5) is 24.3. The standard InChI is InChI=1S/C20H21N5O2S/c1-14-8-6-7-11-18(14)25-20(22-23-24-25)28-13-19(27)21-17(15(2)26)12-16-9-4-3-5-10-16/h3-11,17H,12-13H2,1-2H3,(H,21,27)/t17-/m1/s1. The van der Waals surface area contributed by atoms with Crippen molar-refractivity contribution in [1.82, 2.24) is 25.5 Å². The molecule has 1 heterocycles. The lowest BCUT2D eigenvalue weighted by atomic mass is 10.0. The normalized spacial score (nSPS) is 11.8. The zero-order chi connectivity index (χ0) is 19.9. The number of aryl methyl sites for hydroxylation is 1. The summed E-state index contributed by atoms with van der Waals surface area (Å²) in [6, 6.07) is 16.8. The van der Waals surface area contributed by atoms with Crippen molar-refractivity contribution in [1.29, 1.82) is 0 Å². The number of carbonyl (C=O) groups is 2. The Labute approximate surface area is 167 Å². The smallest absolute Gasteiger partial charge is 0.231 e. The molecule has 8 heteroatoms. The Balaban J connectivity index is 1.62. The zero-order valence-corrected chi connectivity index (χ0v) is 16.5. The molecular formula is C20H21N5O2S. The van der Waals surface area contributed by atoms with Crippen molar-refractivity contribution in [3.8, 4) is 5.69 Å². The molecule has 0 radical (unpaired) electrons. The van der Waals surface area contributed by atoms with Crippen LogP contribution in [0.1, 0.15) is 18.1 Å². The van der Waals surface area contributed by atoms with Crippen molar-refractivity contribution < 1.29 is 9.59 Å². The number of para-hydroxylation sites is 1. The quantitative estimate of drug-likeness (QED) is 0.589. The summed E-state index contributed by atoms with van der Waals surface area (Å²) in [5.74, 6) is -0.197. The summed E-state index contributed by atoms with van der Waals surface area (Å²) in [6.45, 7) is 3.46. The van der Waals surface area contributed by atoms with Gasteiger partial charge in [0.25, 0.3) is 0 Å². The van der Waals surface area contributed by atoms with Gasteiger partial charge in [-0.3, -0.25) is 9.59 Å². The van der Waals surface area contributed by atoms with Gasteiger partial charge in [-0.25, -0.2) is 0 Å². The second-order valence-electron chi connectivity index (χ2n) is 6.37. The maximum Gasteiger partial charge on any atom is 0.231 e. The third-order valence-electron chi connectivity index (χ3n) is 4.23. The number of nitrogens with one attached hydrogen (secondary N) is 1. The molecule has 144 valence electrons. The molecule has 0 saturated heterocycles. The van der Waals surface area contributed by atoms with E-state index in [1.54, 1.807) is 4.68 Å². The van der Waals surface area contributed by atoms with Crippen molar-refractivity contribution in [3.05, 3.63) is 65.7 Å². The van der Waals surface area contributed by atoms with Crippen molar-refractivity contribution in [2.75, 3.05) is 5.75 Å². The van der Waals surface area contributed by atoms with Gasteiger partial charge < -0.3 is 5.32 Å². The SMILES string of the molecule is CC(=O)[C@@H](Cc1ccccc1)NC(=O)CSc1nnnn1-c1ccccc1C. The molecule has 0 spiro atoms. The molecule has 0 saturated carbocycles. The van der Waals surface area contributed by atoms with Gasteiger partial charge in [-0.2, -0.15) is 4.68 Å². The van der Waals surface area contributed by atoms with E-state index >= 15 is 0 Å². The van der Waals surface area contributed by atoms with Crippen LogP contribution in [0.5, 0.6) is 0 Å². The molecule has 1 N–H and O–H groups in total. The second-order valence-corrected chi connectivity index (χ2v) is 7.31. The van der Waals surface area contributed by atoms with E-state index in [-0.39, 0.29) is 17.4 Å². The summed E-state index contributed by atoms with van der Waals surface area (Å²) in [5, 5.41) is 15.1. The van der Waals surface area contributed by atoms with E-state index in [0.29, 0.717) is 11.6 Å². The van der Waals surface area contributed by atoms with Crippen LogP contribution in [0, 0.1) is 6.92 Å². The molecule has 1 amide bonds. The Morgan fingerprint density at radius 1 is 1.11 bits per heavy atom. The monoisotopic (exact) mass is 395 g/mol. The Morgan fingerprint density at radius 3 is 2.54 bits per heavy atom. The lowest BCUT2D eigenvalue weighted by Gasteiger charge is -2.16. The molecule has 0 aliphatic carbocycles. The van der Waals surface area contributed by atoms with E-state index in [1.807, 2.05) is 61.5 Å². The predicted molar refractivity (Wildman–Crippen MR) is 107 cm³/mol. The van der Waals surface area contributed by atoms with Crippen LogP contribution in [-0.4, -0.2) is 43.7 Å². The number of tetrazole rings is 1. The highest BCUT2D eigenvalue weighted by Crippen LogP contribution is 2.20. The van der Waals surface area contributed by atoms with Gasteiger partial charge in [-0.15, -0.1) is 5.10 Å². The summed E-state index contributed by atoms with van der Waals surface area (Å²) in [5.41, 5.74) is 2.89. The van der Waals surface area contributed by atoms with E-state index < -0.39 is 6.04 Å². The minimum absolute atomic E-state index is 0.0769. The molecule has 3 aromatic rings. The molecule has 28 heavy (non-hydrogen) atoms. The number of thioether (sulfide) groups is 1. The summed E-state index contributed by atoms with van der Waals surface area (Å²) < 4.78 is 1.61. The number of carbonyl (C=O) groups excluding carboxylic acids is 2. The highest BCUT2D eigenvalue weighted by molar-refractivity contribution is 7.99. The highest BCUT2D eigenvalue weighted by Gasteiger charge is 2.19. The number of Topliss-reactive ketones (excluding diaryl/α,β-unsaturated/α-hetero) is 1. The molecule has 2 aromatic carbocycles. The molecule has 0 unspecified atom stereocenters. The molecular weight excluding hydrogens is 374 g/mol. The molecule has 7 nitrogen and oxygen atoms in total. The van der Waals surface area contributed by atoms with Gasteiger partial charge in [0.05, 0.1) is 17.5 Å².